The Balaban J connectivity index is 2.86. The number of amides is 1. The van der Waals surface area contributed by atoms with Crippen LogP contribution < -0.4 is 5.73 Å². The molecule has 0 fully saturated rings. The van der Waals surface area contributed by atoms with Crippen molar-refractivity contribution < 1.29 is 14.7 Å². The van der Waals surface area contributed by atoms with E-state index < -0.39 is 11.9 Å². The van der Waals surface area contributed by atoms with Gasteiger partial charge in [-0.25, -0.2) is 4.79 Å². The number of carboxylic acid groups (broad SMARTS) is 1. The number of hydrogen-bond donors (Lipinski definition) is 2. The molecule has 78 valence electrons. The molecule has 0 aromatic heterocycles. The molecule has 0 radical (unpaired) electrons. The highest BCUT2D eigenvalue weighted by molar-refractivity contribution is 5.98. The molecule has 1 aromatic carbocycles. The Morgan fingerprint density at radius 3 is 2.33 bits per heavy atom. The SMILES string of the molecule is NC(=O)/C(=C\C(=O)O)Cc1ccccc1. The summed E-state index contributed by atoms with van der Waals surface area (Å²) < 4.78 is 0. The van der Waals surface area contributed by atoms with Gasteiger partial charge in [-0.3, -0.25) is 4.79 Å². The number of carbonyl (C=O) groups excluding carboxylic acids is 1. The highest BCUT2D eigenvalue weighted by atomic mass is 16.4. The van der Waals surface area contributed by atoms with Gasteiger partial charge in [0.15, 0.2) is 0 Å². The van der Waals surface area contributed by atoms with E-state index in [1.165, 1.54) is 0 Å². The summed E-state index contributed by atoms with van der Waals surface area (Å²) in [5, 5.41) is 8.53. The van der Waals surface area contributed by atoms with Gasteiger partial charge in [0.1, 0.15) is 0 Å². The first-order chi connectivity index (χ1) is 7.09. The van der Waals surface area contributed by atoms with E-state index in [0.717, 1.165) is 11.6 Å². The maximum atomic E-state index is 10.9. The molecule has 0 unspecified atom stereocenters. The molecule has 0 aliphatic carbocycles. The molecule has 1 amide bonds. The Labute approximate surface area is 87.0 Å². The molecule has 4 heteroatoms. The molecule has 0 heterocycles. The van der Waals surface area contributed by atoms with Gasteiger partial charge in [-0.2, -0.15) is 0 Å². The minimum Gasteiger partial charge on any atom is -0.478 e. The van der Waals surface area contributed by atoms with Crippen molar-refractivity contribution in [1.29, 1.82) is 0 Å². The number of hydrogen-bond acceptors (Lipinski definition) is 2. The minimum absolute atomic E-state index is 0.0914. The van der Waals surface area contributed by atoms with Crippen LogP contribution in [-0.2, 0) is 16.0 Å². The second kappa shape index (κ2) is 4.95. The third-order valence-electron chi connectivity index (χ3n) is 1.85. The lowest BCUT2D eigenvalue weighted by Gasteiger charge is -2.02. The zero-order chi connectivity index (χ0) is 11.3. The van der Waals surface area contributed by atoms with Crippen LogP contribution in [0.5, 0.6) is 0 Å². The molecule has 0 saturated heterocycles. The van der Waals surface area contributed by atoms with Gasteiger partial charge in [0.2, 0.25) is 5.91 Å². The van der Waals surface area contributed by atoms with Gasteiger partial charge in [0, 0.05) is 18.1 Å². The number of rotatable bonds is 4. The Morgan fingerprint density at radius 2 is 1.87 bits per heavy atom. The summed E-state index contributed by atoms with van der Waals surface area (Å²) in [6.07, 6.45) is 1.08. The smallest absolute Gasteiger partial charge is 0.328 e. The van der Waals surface area contributed by atoms with Crippen molar-refractivity contribution >= 4 is 11.9 Å². The van der Waals surface area contributed by atoms with E-state index in [2.05, 4.69) is 0 Å². The van der Waals surface area contributed by atoms with Crippen LogP contribution in [-0.4, -0.2) is 17.0 Å². The van der Waals surface area contributed by atoms with E-state index in [1.54, 1.807) is 12.1 Å². The summed E-state index contributed by atoms with van der Waals surface area (Å²) in [5.74, 6) is -1.87. The van der Waals surface area contributed by atoms with Crippen LogP contribution in [0.3, 0.4) is 0 Å². The Hall–Kier alpha value is -2.10. The molecule has 0 aliphatic heterocycles. The summed E-state index contributed by atoms with van der Waals surface area (Å²) in [6.45, 7) is 0. The lowest BCUT2D eigenvalue weighted by molar-refractivity contribution is -0.131. The van der Waals surface area contributed by atoms with Gasteiger partial charge in [-0.15, -0.1) is 0 Å². The molecule has 1 aromatic rings. The molecule has 4 nitrogen and oxygen atoms in total. The quantitative estimate of drug-likeness (QED) is 0.711. The van der Waals surface area contributed by atoms with Gasteiger partial charge < -0.3 is 10.8 Å². The molecule has 1 rings (SSSR count). The van der Waals surface area contributed by atoms with Crippen molar-refractivity contribution in [3.05, 3.63) is 47.5 Å². The Bertz CT molecular complexity index is 396. The monoisotopic (exact) mass is 205 g/mol. The zero-order valence-corrected chi connectivity index (χ0v) is 8.01. The lowest BCUT2D eigenvalue weighted by Crippen LogP contribution is -2.17. The summed E-state index contributed by atoms with van der Waals surface area (Å²) in [7, 11) is 0. The van der Waals surface area contributed by atoms with Gasteiger partial charge in [-0.1, -0.05) is 30.3 Å². The van der Waals surface area contributed by atoms with E-state index in [9.17, 15) is 9.59 Å². The van der Waals surface area contributed by atoms with Crippen LogP contribution >= 0.6 is 0 Å². The van der Waals surface area contributed by atoms with E-state index in [1.807, 2.05) is 18.2 Å². The second-order valence-electron chi connectivity index (χ2n) is 3.03. The van der Waals surface area contributed by atoms with Gasteiger partial charge >= 0.3 is 5.97 Å². The molecular weight excluding hydrogens is 194 g/mol. The average Bonchev–Trinajstić information content (AvgIpc) is 2.17. The molecule has 0 bridgehead atoms. The maximum absolute atomic E-state index is 10.9. The van der Waals surface area contributed by atoms with Crippen molar-refractivity contribution in [2.75, 3.05) is 0 Å². The van der Waals surface area contributed by atoms with E-state index in [-0.39, 0.29) is 12.0 Å². The molecular formula is C11H11NO3. The molecule has 0 aliphatic rings. The van der Waals surface area contributed by atoms with Gasteiger partial charge in [0.05, 0.1) is 0 Å². The van der Waals surface area contributed by atoms with E-state index in [0.29, 0.717) is 0 Å². The number of benzene rings is 1. The van der Waals surface area contributed by atoms with E-state index in [4.69, 9.17) is 10.8 Å². The average molecular weight is 205 g/mol. The van der Waals surface area contributed by atoms with Crippen LogP contribution in [0.15, 0.2) is 42.0 Å². The largest absolute Gasteiger partial charge is 0.478 e. The molecule has 0 atom stereocenters. The maximum Gasteiger partial charge on any atom is 0.328 e. The summed E-state index contributed by atoms with van der Waals surface area (Å²) >= 11 is 0. The van der Waals surface area contributed by atoms with Crippen molar-refractivity contribution in [2.45, 2.75) is 6.42 Å². The molecule has 15 heavy (non-hydrogen) atoms. The van der Waals surface area contributed by atoms with Gasteiger partial charge in [-0.05, 0) is 5.56 Å². The summed E-state index contributed by atoms with van der Waals surface area (Å²) in [5.41, 5.74) is 6.00. The minimum atomic E-state index is -1.17. The van der Waals surface area contributed by atoms with Crippen LogP contribution in [0.1, 0.15) is 5.56 Å². The summed E-state index contributed by atoms with van der Waals surface area (Å²) in [4.78, 5) is 21.4. The Morgan fingerprint density at radius 1 is 1.27 bits per heavy atom. The lowest BCUT2D eigenvalue weighted by atomic mass is 10.0. The Kier molecular flexibility index (Phi) is 3.62. The topological polar surface area (TPSA) is 80.4 Å². The number of carboxylic acids is 1. The fourth-order valence-electron chi connectivity index (χ4n) is 1.17. The normalized spacial score (nSPS) is 11.1. The van der Waals surface area contributed by atoms with Crippen molar-refractivity contribution in [3.63, 3.8) is 0 Å². The highest BCUT2D eigenvalue weighted by Gasteiger charge is 2.07. The van der Waals surface area contributed by atoms with Gasteiger partial charge in [0.25, 0.3) is 0 Å². The van der Waals surface area contributed by atoms with Crippen LogP contribution in [0.25, 0.3) is 0 Å². The van der Waals surface area contributed by atoms with Crippen molar-refractivity contribution in [3.8, 4) is 0 Å². The first-order valence-corrected chi connectivity index (χ1v) is 4.37. The number of nitrogens with two attached hydrogens (primary N) is 1. The van der Waals surface area contributed by atoms with Crippen LogP contribution in [0.2, 0.25) is 0 Å². The van der Waals surface area contributed by atoms with Crippen LogP contribution in [0, 0.1) is 0 Å². The van der Waals surface area contributed by atoms with Crippen molar-refractivity contribution in [2.24, 2.45) is 5.73 Å². The third kappa shape index (κ3) is 3.64. The third-order valence-corrected chi connectivity index (χ3v) is 1.85. The predicted molar refractivity (Wildman–Crippen MR) is 55.1 cm³/mol. The van der Waals surface area contributed by atoms with E-state index >= 15 is 0 Å². The van der Waals surface area contributed by atoms with Crippen LogP contribution in [0.4, 0.5) is 0 Å². The van der Waals surface area contributed by atoms with Crippen molar-refractivity contribution in [1.82, 2.24) is 0 Å². The fraction of sp³-hybridized carbons (Fsp3) is 0.0909. The first-order valence-electron chi connectivity index (χ1n) is 4.37. The second-order valence-corrected chi connectivity index (χ2v) is 3.03. The zero-order valence-electron chi connectivity index (χ0n) is 8.01. The summed E-state index contributed by atoms with van der Waals surface area (Å²) in [6, 6.07) is 9.08. The number of primary amides is 1. The predicted octanol–water partition coefficient (Wildman–Crippen LogP) is 0.725. The standard InChI is InChI=1S/C11H11NO3/c12-11(15)9(7-10(13)14)6-8-4-2-1-3-5-8/h1-5,7H,6H2,(H2,12,15)(H,13,14)/b9-7-. The number of aliphatic carboxylic acids is 1. The first kappa shape index (κ1) is 11.0. The number of carbonyl (C=O) groups is 2. The molecule has 0 saturated carbocycles. The molecule has 0 spiro atoms. The molecule has 3 N–H and O–H groups in total. The highest BCUT2D eigenvalue weighted by Crippen LogP contribution is 2.07. The fourth-order valence-corrected chi connectivity index (χ4v) is 1.17.